The summed E-state index contributed by atoms with van der Waals surface area (Å²) in [4.78, 5) is 18.5. The van der Waals surface area contributed by atoms with Crippen molar-refractivity contribution in [2.45, 2.75) is 32.9 Å². The molecule has 1 saturated heterocycles. The highest BCUT2D eigenvalue weighted by Gasteiger charge is 2.23. The van der Waals surface area contributed by atoms with E-state index in [1.54, 1.807) is 7.05 Å². The smallest absolute Gasteiger partial charge is 0.226 e. The Morgan fingerprint density at radius 2 is 1.97 bits per heavy atom. The summed E-state index contributed by atoms with van der Waals surface area (Å²) in [5, 5.41) is 10.5. The lowest BCUT2D eigenvalue weighted by molar-refractivity contribution is -0.118. The van der Waals surface area contributed by atoms with Crippen LogP contribution in [0.2, 0.25) is 5.02 Å². The highest BCUT2D eigenvalue weighted by Crippen LogP contribution is 2.23. The number of anilines is 2. The number of nitrogens with one attached hydrogen (secondary N) is 3. The minimum Gasteiger partial charge on any atom is -0.369 e. The number of benzene rings is 2. The Kier molecular flexibility index (Phi) is 9.90. The molecule has 168 valence electrons. The number of hydrogen-bond acceptors (Lipinski definition) is 3. The topological polar surface area (TPSA) is 68.8 Å². The molecule has 0 aromatic heterocycles. The molecule has 1 amide bonds. The lowest BCUT2D eigenvalue weighted by Gasteiger charge is -2.20. The average molecular weight is 556 g/mol. The van der Waals surface area contributed by atoms with Crippen molar-refractivity contribution >= 4 is 58.8 Å². The molecule has 0 bridgehead atoms. The second-order valence-electron chi connectivity index (χ2n) is 7.82. The monoisotopic (exact) mass is 555 g/mol. The van der Waals surface area contributed by atoms with Crippen LogP contribution in [0.15, 0.2) is 53.5 Å². The number of amides is 1. The predicted molar refractivity (Wildman–Crippen MR) is 141 cm³/mol. The second-order valence-corrected chi connectivity index (χ2v) is 8.26. The molecule has 31 heavy (non-hydrogen) atoms. The third-order valence-corrected chi connectivity index (χ3v) is 5.37. The van der Waals surface area contributed by atoms with Crippen LogP contribution in [0.3, 0.4) is 0 Å². The van der Waals surface area contributed by atoms with E-state index in [0.717, 1.165) is 47.4 Å². The molecule has 0 saturated carbocycles. The summed E-state index contributed by atoms with van der Waals surface area (Å²) in [5.74, 6) is 0.769. The molecule has 1 atom stereocenters. The van der Waals surface area contributed by atoms with Gasteiger partial charge in [-0.2, -0.15) is 0 Å². The van der Waals surface area contributed by atoms with Gasteiger partial charge >= 0.3 is 0 Å². The molecule has 1 unspecified atom stereocenters. The van der Waals surface area contributed by atoms with E-state index < -0.39 is 0 Å². The highest BCUT2D eigenvalue weighted by atomic mass is 127. The fraction of sp³-hybridized carbons (Fsp3) is 0.391. The Morgan fingerprint density at radius 3 is 2.61 bits per heavy atom. The first-order valence-electron chi connectivity index (χ1n) is 10.3. The largest absolute Gasteiger partial charge is 0.369 e. The maximum absolute atomic E-state index is 11.8. The second kappa shape index (κ2) is 12.1. The van der Waals surface area contributed by atoms with E-state index in [0.29, 0.717) is 12.6 Å². The molecule has 0 spiro atoms. The zero-order chi connectivity index (χ0) is 21.5. The van der Waals surface area contributed by atoms with E-state index in [4.69, 9.17) is 11.6 Å². The number of halogens is 2. The van der Waals surface area contributed by atoms with Crippen molar-refractivity contribution in [3.63, 3.8) is 0 Å². The fourth-order valence-corrected chi connectivity index (χ4v) is 3.54. The summed E-state index contributed by atoms with van der Waals surface area (Å²) in [7, 11) is 1.78. The van der Waals surface area contributed by atoms with Crippen LogP contribution in [0, 0.1) is 5.92 Å². The Balaban J connectivity index is 0.00000341. The summed E-state index contributed by atoms with van der Waals surface area (Å²) in [6, 6.07) is 16.2. The molecule has 2 aromatic rings. The van der Waals surface area contributed by atoms with Gasteiger partial charge in [0.2, 0.25) is 5.91 Å². The molecule has 8 heteroatoms. The zero-order valence-electron chi connectivity index (χ0n) is 18.2. The average Bonchev–Trinajstić information content (AvgIpc) is 3.20. The molecule has 1 aliphatic heterocycles. The SMILES string of the molecule is CN=C(NCc1ccc(NC(=O)C(C)C)cc1)NC1CCN(c2cccc(Cl)c2)C1.I. The Bertz CT molecular complexity index is 888. The van der Waals surface area contributed by atoms with Crippen LogP contribution in [0.5, 0.6) is 0 Å². The van der Waals surface area contributed by atoms with Crippen molar-refractivity contribution in [3.8, 4) is 0 Å². The Morgan fingerprint density at radius 1 is 1.23 bits per heavy atom. The first-order valence-corrected chi connectivity index (χ1v) is 10.7. The van der Waals surface area contributed by atoms with E-state index in [9.17, 15) is 4.79 Å². The van der Waals surface area contributed by atoms with Crippen molar-refractivity contribution in [2.75, 3.05) is 30.4 Å². The summed E-state index contributed by atoms with van der Waals surface area (Å²) in [6.45, 7) is 6.31. The summed E-state index contributed by atoms with van der Waals surface area (Å²) >= 11 is 6.12. The highest BCUT2D eigenvalue weighted by molar-refractivity contribution is 14.0. The number of nitrogens with zero attached hydrogens (tertiary/aromatic N) is 2. The molecular weight excluding hydrogens is 525 g/mol. The van der Waals surface area contributed by atoms with Gasteiger partial charge in [0.25, 0.3) is 0 Å². The molecular formula is C23H31ClIN5O. The first-order chi connectivity index (χ1) is 14.4. The number of rotatable bonds is 6. The van der Waals surface area contributed by atoms with Crippen molar-refractivity contribution in [3.05, 3.63) is 59.1 Å². The third-order valence-electron chi connectivity index (χ3n) is 5.13. The molecule has 6 nitrogen and oxygen atoms in total. The van der Waals surface area contributed by atoms with Crippen LogP contribution in [0.25, 0.3) is 0 Å². The molecule has 3 rings (SSSR count). The van der Waals surface area contributed by atoms with Gasteiger partial charge < -0.3 is 20.9 Å². The van der Waals surface area contributed by atoms with Gasteiger partial charge in [-0.3, -0.25) is 9.79 Å². The van der Waals surface area contributed by atoms with Crippen LogP contribution in [0.1, 0.15) is 25.8 Å². The quantitative estimate of drug-likeness (QED) is 0.279. The number of carbonyl (C=O) groups excluding carboxylic acids is 1. The lowest BCUT2D eigenvalue weighted by atomic mass is 10.1. The summed E-state index contributed by atoms with van der Waals surface area (Å²) < 4.78 is 0. The minimum atomic E-state index is -0.0360. The number of guanidine groups is 1. The van der Waals surface area contributed by atoms with Gasteiger partial charge in [-0.15, -0.1) is 24.0 Å². The summed E-state index contributed by atoms with van der Waals surface area (Å²) in [5.41, 5.74) is 3.08. The Hall–Kier alpha value is -2.00. The molecule has 1 heterocycles. The van der Waals surface area contributed by atoms with Gasteiger partial charge in [0.1, 0.15) is 0 Å². The normalized spacial score (nSPS) is 16.1. The molecule has 1 aliphatic rings. The van der Waals surface area contributed by atoms with Crippen molar-refractivity contribution in [1.29, 1.82) is 0 Å². The maximum atomic E-state index is 11.8. The fourth-order valence-electron chi connectivity index (χ4n) is 3.35. The molecule has 2 aromatic carbocycles. The number of hydrogen-bond donors (Lipinski definition) is 3. The third kappa shape index (κ3) is 7.57. The summed E-state index contributed by atoms with van der Waals surface area (Å²) in [6.07, 6.45) is 1.04. The van der Waals surface area contributed by atoms with E-state index in [1.165, 1.54) is 0 Å². The van der Waals surface area contributed by atoms with Crippen molar-refractivity contribution in [1.82, 2.24) is 10.6 Å². The predicted octanol–water partition coefficient (Wildman–Crippen LogP) is 4.50. The van der Waals surface area contributed by atoms with E-state index in [-0.39, 0.29) is 35.8 Å². The zero-order valence-corrected chi connectivity index (χ0v) is 21.3. The molecule has 1 fully saturated rings. The molecule has 0 radical (unpaired) electrons. The Labute approximate surface area is 206 Å². The van der Waals surface area contributed by atoms with E-state index in [2.05, 4.69) is 31.9 Å². The van der Waals surface area contributed by atoms with Crippen LogP contribution in [-0.2, 0) is 11.3 Å². The molecule has 3 N–H and O–H groups in total. The van der Waals surface area contributed by atoms with Crippen LogP contribution in [-0.4, -0.2) is 38.0 Å². The van der Waals surface area contributed by atoms with Gasteiger partial charge in [-0.05, 0) is 42.3 Å². The van der Waals surface area contributed by atoms with Crippen molar-refractivity contribution < 1.29 is 4.79 Å². The van der Waals surface area contributed by atoms with Gasteiger partial charge in [-0.1, -0.05) is 43.6 Å². The van der Waals surface area contributed by atoms with E-state index >= 15 is 0 Å². The van der Waals surface area contributed by atoms with Crippen LogP contribution < -0.4 is 20.9 Å². The van der Waals surface area contributed by atoms with E-state index in [1.807, 2.05) is 56.3 Å². The van der Waals surface area contributed by atoms with Crippen LogP contribution >= 0.6 is 35.6 Å². The minimum absolute atomic E-state index is 0. The van der Waals surface area contributed by atoms with Crippen LogP contribution in [0.4, 0.5) is 11.4 Å². The first kappa shape index (κ1) is 25.3. The van der Waals surface area contributed by atoms with Gasteiger partial charge in [0.05, 0.1) is 0 Å². The standard InChI is InChI=1S/C23H30ClN5O.HI/c1-16(2)22(30)27-19-9-7-17(8-10-19)14-26-23(25-3)28-20-11-12-29(15-20)21-6-4-5-18(24)13-21;/h4-10,13,16,20H,11-12,14-15H2,1-3H3,(H,27,30)(H2,25,26,28);1H. The maximum Gasteiger partial charge on any atom is 0.226 e. The number of aliphatic imine (C=N–C) groups is 1. The van der Waals surface area contributed by atoms with Gasteiger partial charge in [-0.25, -0.2) is 0 Å². The van der Waals surface area contributed by atoms with Gasteiger partial charge in [0, 0.05) is 55.0 Å². The number of carbonyl (C=O) groups is 1. The lowest BCUT2D eigenvalue weighted by Crippen LogP contribution is -2.44. The molecule has 0 aliphatic carbocycles. The van der Waals surface area contributed by atoms with Crippen molar-refractivity contribution in [2.24, 2.45) is 10.9 Å². The van der Waals surface area contributed by atoms with Gasteiger partial charge in [0.15, 0.2) is 5.96 Å².